The maximum absolute atomic E-state index is 12.9. The third kappa shape index (κ3) is 6.13. The Labute approximate surface area is 158 Å². The van der Waals surface area contributed by atoms with E-state index in [2.05, 4.69) is 9.97 Å². The minimum absolute atomic E-state index is 0.166. The summed E-state index contributed by atoms with van der Waals surface area (Å²) in [5.74, 6) is 0.778. The molecule has 1 saturated carbocycles. The van der Waals surface area contributed by atoms with Gasteiger partial charge in [-0.3, -0.25) is 4.98 Å². The molecule has 0 bridgehead atoms. The van der Waals surface area contributed by atoms with Gasteiger partial charge in [0.1, 0.15) is 17.7 Å². The predicted octanol–water partition coefficient (Wildman–Crippen LogP) is 5.55. The lowest BCUT2D eigenvalue weighted by molar-refractivity contribution is 0.140. The highest BCUT2D eigenvalue weighted by Crippen LogP contribution is 2.34. The monoisotopic (exact) mass is 368 g/mol. The minimum Gasteiger partial charge on any atom is -0.474 e. The van der Waals surface area contributed by atoms with Gasteiger partial charge in [-0.2, -0.15) is 0 Å². The molecule has 1 aliphatic rings. The van der Waals surface area contributed by atoms with Crippen LogP contribution in [-0.2, 0) is 0 Å². The van der Waals surface area contributed by atoms with Crippen LogP contribution in [0.25, 0.3) is 0 Å². The molecule has 4 rings (SSSR count). The highest BCUT2D eigenvalue weighted by atomic mass is 19.1. The molecular weight excluding hydrogens is 346 g/mol. The van der Waals surface area contributed by atoms with Crippen LogP contribution >= 0.6 is 0 Å². The van der Waals surface area contributed by atoms with Crippen LogP contribution in [0.1, 0.15) is 37.2 Å². The van der Waals surface area contributed by atoms with Crippen molar-refractivity contribution in [3.05, 3.63) is 90.4 Å². The number of rotatable bonds is 3. The van der Waals surface area contributed by atoms with Crippen LogP contribution in [0.4, 0.5) is 8.78 Å². The van der Waals surface area contributed by atoms with E-state index >= 15 is 0 Å². The number of pyridine rings is 2. The van der Waals surface area contributed by atoms with Crippen molar-refractivity contribution in [3.63, 3.8) is 0 Å². The van der Waals surface area contributed by atoms with Gasteiger partial charge in [-0.25, -0.2) is 13.8 Å². The fourth-order valence-corrected chi connectivity index (χ4v) is 3.18. The Hall–Kier alpha value is -2.82. The summed E-state index contributed by atoms with van der Waals surface area (Å²) in [7, 11) is 0. The summed E-state index contributed by atoms with van der Waals surface area (Å²) in [4.78, 5) is 7.71. The first-order chi connectivity index (χ1) is 13.2. The number of halogens is 2. The lowest BCUT2D eigenvalue weighted by Crippen LogP contribution is -2.23. The Morgan fingerprint density at radius 2 is 1.56 bits per heavy atom. The average Bonchev–Trinajstić information content (AvgIpc) is 2.71. The summed E-state index contributed by atoms with van der Waals surface area (Å²) in [6.45, 7) is 0. The Morgan fingerprint density at radius 1 is 0.778 bits per heavy atom. The van der Waals surface area contributed by atoms with Crippen molar-refractivity contribution < 1.29 is 13.5 Å². The maximum Gasteiger partial charge on any atom is 0.213 e. The van der Waals surface area contributed by atoms with E-state index in [9.17, 15) is 8.78 Å². The van der Waals surface area contributed by atoms with E-state index in [0.717, 1.165) is 25.7 Å². The van der Waals surface area contributed by atoms with E-state index < -0.39 is 0 Å². The van der Waals surface area contributed by atoms with Crippen molar-refractivity contribution in [1.29, 1.82) is 0 Å². The molecule has 0 N–H and O–H groups in total. The highest BCUT2D eigenvalue weighted by Gasteiger charge is 2.23. The van der Waals surface area contributed by atoms with Crippen molar-refractivity contribution in [3.8, 4) is 5.88 Å². The molecular formula is C22H22F2N2O. The molecule has 3 nitrogen and oxygen atoms in total. The third-order valence-corrected chi connectivity index (χ3v) is 4.57. The summed E-state index contributed by atoms with van der Waals surface area (Å²) in [5.41, 5.74) is 1.24. The zero-order chi connectivity index (χ0) is 18.9. The van der Waals surface area contributed by atoms with Crippen LogP contribution < -0.4 is 4.74 Å². The summed E-state index contributed by atoms with van der Waals surface area (Å²) >= 11 is 0. The van der Waals surface area contributed by atoms with E-state index in [0.29, 0.717) is 11.8 Å². The van der Waals surface area contributed by atoms with Gasteiger partial charge in [0.15, 0.2) is 0 Å². The molecule has 27 heavy (non-hydrogen) atoms. The Morgan fingerprint density at radius 3 is 2.11 bits per heavy atom. The van der Waals surface area contributed by atoms with Crippen LogP contribution in [0.15, 0.2) is 73.2 Å². The standard InChI is InChI=1S/C17H18FNO.C5H4FN/c18-15-8-4-13(5-9-15)14-6-10-16(11-7-14)20-17-3-1-2-12-19-17;6-5-2-1-3-7-4-5/h1-5,8-9,12,14,16H,6-7,10-11H2;1-4H. The first kappa shape index (κ1) is 19.0. The SMILES string of the molecule is Fc1ccc(C2CCC(Oc3ccccn3)CC2)cc1.Fc1cccnc1. The summed E-state index contributed by atoms with van der Waals surface area (Å²) in [6.07, 6.45) is 8.92. The topological polar surface area (TPSA) is 35.0 Å². The Kier molecular flexibility index (Phi) is 6.85. The molecule has 1 aromatic carbocycles. The first-order valence-corrected chi connectivity index (χ1v) is 9.09. The van der Waals surface area contributed by atoms with Crippen LogP contribution in [0.5, 0.6) is 5.88 Å². The predicted molar refractivity (Wildman–Crippen MR) is 100 cm³/mol. The van der Waals surface area contributed by atoms with Gasteiger partial charge >= 0.3 is 0 Å². The van der Waals surface area contributed by atoms with Crippen molar-refractivity contribution >= 4 is 0 Å². The molecule has 0 amide bonds. The first-order valence-electron chi connectivity index (χ1n) is 9.09. The lowest BCUT2D eigenvalue weighted by atomic mass is 9.83. The molecule has 5 heteroatoms. The van der Waals surface area contributed by atoms with E-state index in [4.69, 9.17) is 4.74 Å². The quantitative estimate of drug-likeness (QED) is 0.608. The summed E-state index contributed by atoms with van der Waals surface area (Å²) in [5, 5.41) is 0. The molecule has 2 heterocycles. The van der Waals surface area contributed by atoms with E-state index in [1.54, 1.807) is 24.4 Å². The zero-order valence-corrected chi connectivity index (χ0v) is 15.0. The number of hydrogen-bond acceptors (Lipinski definition) is 3. The van der Waals surface area contributed by atoms with Crippen LogP contribution in [0.2, 0.25) is 0 Å². The van der Waals surface area contributed by atoms with Gasteiger partial charge in [-0.1, -0.05) is 18.2 Å². The molecule has 0 atom stereocenters. The average molecular weight is 368 g/mol. The molecule has 0 unspecified atom stereocenters. The fraction of sp³-hybridized carbons (Fsp3) is 0.273. The molecule has 0 aliphatic heterocycles. The van der Waals surface area contributed by atoms with Gasteiger partial charge in [0.25, 0.3) is 0 Å². The van der Waals surface area contributed by atoms with Gasteiger partial charge in [0.2, 0.25) is 5.88 Å². The van der Waals surface area contributed by atoms with Gasteiger partial charge in [-0.15, -0.1) is 0 Å². The molecule has 0 radical (unpaired) electrons. The number of aromatic nitrogens is 2. The van der Waals surface area contributed by atoms with Gasteiger partial charge in [-0.05, 0) is 67.5 Å². The van der Waals surface area contributed by atoms with Crippen LogP contribution in [-0.4, -0.2) is 16.1 Å². The lowest BCUT2D eigenvalue weighted by Gasteiger charge is -2.28. The van der Waals surface area contributed by atoms with Crippen molar-refractivity contribution in [1.82, 2.24) is 9.97 Å². The van der Waals surface area contributed by atoms with Crippen molar-refractivity contribution in [2.24, 2.45) is 0 Å². The number of hydrogen-bond donors (Lipinski definition) is 0. The van der Waals surface area contributed by atoms with E-state index in [-0.39, 0.29) is 17.7 Å². The molecule has 3 aromatic rings. The van der Waals surface area contributed by atoms with Gasteiger partial charge < -0.3 is 4.74 Å². The zero-order valence-electron chi connectivity index (χ0n) is 15.0. The van der Waals surface area contributed by atoms with Crippen LogP contribution in [0, 0.1) is 11.6 Å². The fourth-order valence-electron chi connectivity index (χ4n) is 3.18. The van der Waals surface area contributed by atoms with Crippen LogP contribution in [0.3, 0.4) is 0 Å². The molecule has 1 fully saturated rings. The second-order valence-corrected chi connectivity index (χ2v) is 6.48. The molecule has 0 spiro atoms. The smallest absolute Gasteiger partial charge is 0.213 e. The molecule has 1 aliphatic carbocycles. The second-order valence-electron chi connectivity index (χ2n) is 6.48. The number of ether oxygens (including phenoxy) is 1. The second kappa shape index (κ2) is 9.76. The molecule has 0 saturated heterocycles. The minimum atomic E-state index is -0.289. The Bertz CT molecular complexity index is 790. The molecule has 140 valence electrons. The van der Waals surface area contributed by atoms with E-state index in [1.807, 2.05) is 30.3 Å². The van der Waals surface area contributed by atoms with Crippen molar-refractivity contribution in [2.75, 3.05) is 0 Å². The third-order valence-electron chi connectivity index (χ3n) is 4.57. The normalized spacial score (nSPS) is 18.9. The number of nitrogens with zero attached hydrogens (tertiary/aromatic N) is 2. The largest absolute Gasteiger partial charge is 0.474 e. The van der Waals surface area contributed by atoms with Gasteiger partial charge in [0, 0.05) is 18.5 Å². The molecule has 2 aromatic heterocycles. The Balaban J connectivity index is 0.000000253. The highest BCUT2D eigenvalue weighted by molar-refractivity contribution is 5.21. The maximum atomic E-state index is 12.9. The van der Waals surface area contributed by atoms with Gasteiger partial charge in [0.05, 0.1) is 6.20 Å². The number of benzene rings is 1. The van der Waals surface area contributed by atoms with E-state index in [1.165, 1.54) is 24.0 Å². The summed E-state index contributed by atoms with van der Waals surface area (Å²) in [6, 6.07) is 15.5. The van der Waals surface area contributed by atoms with Crippen molar-refractivity contribution in [2.45, 2.75) is 37.7 Å². The summed E-state index contributed by atoms with van der Waals surface area (Å²) < 4.78 is 30.7.